The zero-order chi connectivity index (χ0) is 31.2. The second-order valence-electron chi connectivity index (χ2n) is 14.4. The van der Waals surface area contributed by atoms with Gasteiger partial charge in [-0.2, -0.15) is 0 Å². The first-order chi connectivity index (χ1) is 23.6. The average Bonchev–Trinajstić information content (AvgIpc) is 3.89. The molecule has 10 aromatic rings. The molecule has 48 heavy (non-hydrogen) atoms. The van der Waals surface area contributed by atoms with Gasteiger partial charge in [-0.1, -0.05) is 111 Å². The highest BCUT2D eigenvalue weighted by Crippen LogP contribution is 2.56. The van der Waals surface area contributed by atoms with Crippen LogP contribution in [0.4, 0.5) is 0 Å². The monoisotopic (exact) mass is 644 g/mol. The lowest BCUT2D eigenvalue weighted by Gasteiger charge is -2.37. The largest absolute Gasteiger partial charge is 0.367 e. The Balaban J connectivity index is 1.32. The topological polar surface area (TPSA) is 9.86 Å². The van der Waals surface area contributed by atoms with Gasteiger partial charge in [0.05, 0.1) is 10.3 Å². The zero-order valence-corrected chi connectivity index (χ0v) is 27.9. The molecule has 5 heteroatoms. The first kappa shape index (κ1) is 25.0. The second kappa shape index (κ2) is 7.95. The van der Waals surface area contributed by atoms with E-state index in [1.807, 2.05) is 22.7 Å². The minimum Gasteiger partial charge on any atom is -0.367 e. The fraction of sp³-hybridized carbons (Fsp3) is 0.0698. The molecule has 0 fully saturated rings. The molecule has 3 aliphatic rings. The first-order valence-corrected chi connectivity index (χ1v) is 18.5. The van der Waals surface area contributed by atoms with Crippen molar-refractivity contribution in [1.29, 1.82) is 0 Å². The van der Waals surface area contributed by atoms with E-state index in [4.69, 9.17) is 0 Å². The number of nitrogens with zero attached hydrogens (tertiary/aromatic N) is 2. The number of benzene rings is 6. The van der Waals surface area contributed by atoms with Gasteiger partial charge < -0.3 is 9.05 Å². The van der Waals surface area contributed by atoms with Crippen LogP contribution in [0.5, 0.6) is 0 Å². The van der Waals surface area contributed by atoms with E-state index in [9.17, 15) is 0 Å². The molecule has 0 spiro atoms. The first-order valence-electron chi connectivity index (χ1n) is 16.8. The average molecular weight is 645 g/mol. The number of fused-ring (bicyclic) bond motifs is 18. The van der Waals surface area contributed by atoms with E-state index >= 15 is 0 Å². The van der Waals surface area contributed by atoms with E-state index in [-0.39, 0.29) is 12.3 Å². The van der Waals surface area contributed by atoms with E-state index in [0.717, 1.165) is 0 Å². The molecule has 0 N–H and O–H groups in total. The molecular weight excluding hydrogens is 619 g/mol. The molecule has 222 valence electrons. The lowest BCUT2D eigenvalue weighted by Crippen LogP contribution is -2.55. The van der Waals surface area contributed by atoms with Crippen molar-refractivity contribution < 1.29 is 0 Å². The number of hydrogen-bond acceptors (Lipinski definition) is 2. The van der Waals surface area contributed by atoms with Crippen molar-refractivity contribution in [1.82, 2.24) is 9.05 Å². The van der Waals surface area contributed by atoms with Crippen LogP contribution in [0.3, 0.4) is 0 Å². The normalized spacial score (nSPS) is 15.0. The van der Waals surface area contributed by atoms with Crippen molar-refractivity contribution in [2.45, 2.75) is 19.3 Å². The molecule has 0 atom stereocenters. The standard InChI is InChI=1S/C43H25BN2S2/c1-43(2)29-17-6-3-11-22(29)28-21-31-38-36(37(28)43)27-15-9-14-25-35-24-13-5-8-20-33(24)48-42(35)46(39(25)27)44(38)30-18-10-16-26-34-23-12-4-7-19-32(23)47-41(34)45(31)40(26)30/h3-21H,1-2H3. The third-order valence-electron chi connectivity index (χ3n) is 11.9. The molecule has 4 aromatic heterocycles. The third-order valence-corrected chi connectivity index (χ3v) is 14.2. The lowest BCUT2D eigenvalue weighted by atomic mass is 9.45. The molecule has 1 aliphatic carbocycles. The summed E-state index contributed by atoms with van der Waals surface area (Å²) in [6, 6.07) is 43.9. The van der Waals surface area contributed by atoms with Crippen molar-refractivity contribution in [2.75, 3.05) is 0 Å². The Morgan fingerprint density at radius 3 is 2.02 bits per heavy atom. The maximum Gasteiger partial charge on any atom is 0.333 e. The summed E-state index contributed by atoms with van der Waals surface area (Å²) in [5.41, 5.74) is 15.3. The highest BCUT2D eigenvalue weighted by molar-refractivity contribution is 7.26. The van der Waals surface area contributed by atoms with Crippen molar-refractivity contribution >= 4 is 103 Å². The van der Waals surface area contributed by atoms with E-state index < -0.39 is 0 Å². The molecule has 2 aliphatic heterocycles. The molecular formula is C43H25BN2S2. The lowest BCUT2D eigenvalue weighted by molar-refractivity contribution is 0.662. The van der Waals surface area contributed by atoms with Crippen LogP contribution in [-0.2, 0) is 5.41 Å². The van der Waals surface area contributed by atoms with E-state index in [1.165, 1.54) is 112 Å². The van der Waals surface area contributed by atoms with Gasteiger partial charge in [-0.25, -0.2) is 0 Å². The van der Waals surface area contributed by atoms with E-state index in [1.54, 1.807) is 0 Å². The van der Waals surface area contributed by atoms with Gasteiger partial charge in [0.2, 0.25) is 0 Å². The predicted molar refractivity (Wildman–Crippen MR) is 208 cm³/mol. The number of thiophene rings is 2. The maximum absolute atomic E-state index is 2.75. The molecule has 2 nitrogen and oxygen atoms in total. The Kier molecular flexibility index (Phi) is 4.14. The zero-order valence-electron chi connectivity index (χ0n) is 26.3. The van der Waals surface area contributed by atoms with Crippen LogP contribution in [-0.4, -0.2) is 15.9 Å². The Labute approximate surface area is 284 Å². The van der Waals surface area contributed by atoms with E-state index in [0.29, 0.717) is 0 Å². The maximum atomic E-state index is 2.75. The molecule has 6 aromatic carbocycles. The van der Waals surface area contributed by atoms with Crippen LogP contribution in [0.1, 0.15) is 25.0 Å². The van der Waals surface area contributed by atoms with Crippen LogP contribution in [0.2, 0.25) is 0 Å². The van der Waals surface area contributed by atoms with Gasteiger partial charge in [0.1, 0.15) is 4.83 Å². The molecule has 0 bridgehead atoms. The summed E-state index contributed by atoms with van der Waals surface area (Å²) >= 11 is 3.90. The second-order valence-corrected chi connectivity index (χ2v) is 16.4. The number of aromatic nitrogens is 2. The van der Waals surface area contributed by atoms with Crippen LogP contribution >= 0.6 is 22.7 Å². The highest BCUT2D eigenvalue weighted by Gasteiger charge is 2.47. The Hall–Kier alpha value is -5.10. The quantitative estimate of drug-likeness (QED) is 0.145. The molecule has 0 amide bonds. The number of rotatable bonds is 0. The van der Waals surface area contributed by atoms with Gasteiger partial charge in [-0.05, 0) is 56.9 Å². The number of para-hydroxylation sites is 2. The molecule has 0 radical (unpaired) electrons. The van der Waals surface area contributed by atoms with Gasteiger partial charge in [-0.15, -0.1) is 22.7 Å². The van der Waals surface area contributed by atoms with Gasteiger partial charge >= 0.3 is 6.85 Å². The summed E-state index contributed by atoms with van der Waals surface area (Å²) in [5.74, 6) is 0. The number of hydrogen-bond donors (Lipinski definition) is 0. The van der Waals surface area contributed by atoms with Crippen LogP contribution < -0.4 is 10.9 Å². The Bertz CT molecular complexity index is 3160. The molecule has 0 saturated carbocycles. The molecule has 0 saturated heterocycles. The van der Waals surface area contributed by atoms with Crippen LogP contribution in [0, 0.1) is 0 Å². The summed E-state index contributed by atoms with van der Waals surface area (Å²) in [6.45, 7) is 4.98. The highest BCUT2D eigenvalue weighted by atomic mass is 32.1. The molecule has 6 heterocycles. The summed E-state index contributed by atoms with van der Waals surface area (Å²) in [4.78, 5) is 2.74. The van der Waals surface area contributed by atoms with Crippen molar-refractivity contribution in [3.63, 3.8) is 0 Å². The fourth-order valence-electron chi connectivity index (χ4n) is 10.1. The Morgan fingerprint density at radius 2 is 1.21 bits per heavy atom. The Morgan fingerprint density at radius 1 is 0.583 bits per heavy atom. The predicted octanol–water partition coefficient (Wildman–Crippen LogP) is 10.6. The van der Waals surface area contributed by atoms with Crippen molar-refractivity contribution in [3.05, 3.63) is 126 Å². The van der Waals surface area contributed by atoms with Crippen molar-refractivity contribution in [2.24, 2.45) is 0 Å². The van der Waals surface area contributed by atoms with Crippen molar-refractivity contribution in [3.8, 4) is 27.9 Å². The summed E-state index contributed by atoms with van der Waals surface area (Å²) in [6.07, 6.45) is 0. The van der Waals surface area contributed by atoms with Gasteiger partial charge in [-0.3, -0.25) is 0 Å². The van der Waals surface area contributed by atoms with E-state index in [2.05, 4.69) is 138 Å². The van der Waals surface area contributed by atoms with Gasteiger partial charge in [0.25, 0.3) is 0 Å². The van der Waals surface area contributed by atoms with Crippen LogP contribution in [0.15, 0.2) is 115 Å². The van der Waals surface area contributed by atoms with Gasteiger partial charge in [0.15, 0.2) is 0 Å². The smallest absolute Gasteiger partial charge is 0.333 e. The minimum absolute atomic E-state index is 0.0780. The van der Waals surface area contributed by atoms with Gasteiger partial charge in [0, 0.05) is 63.9 Å². The fourth-order valence-corrected chi connectivity index (χ4v) is 12.6. The summed E-state index contributed by atoms with van der Waals surface area (Å²) < 4.78 is 8.12. The third kappa shape index (κ3) is 2.55. The minimum atomic E-state index is -0.127. The molecule has 0 unspecified atom stereocenters. The molecule has 13 rings (SSSR count). The SMILES string of the molecule is CC1(C)c2ccccc2-c2cc3c4c(c21)-c1cccc2c5c6ccccc6sc5n(c12)B4c1cccc2c4c5ccccc5sc4n-3c12. The van der Waals surface area contributed by atoms with Crippen LogP contribution in [0.25, 0.3) is 90.4 Å². The summed E-state index contributed by atoms with van der Waals surface area (Å²) in [5, 5.41) is 8.26. The summed E-state index contributed by atoms with van der Waals surface area (Å²) in [7, 11) is 0.